The fourth-order valence-electron chi connectivity index (χ4n) is 2.10. The van der Waals surface area contributed by atoms with Crippen LogP contribution < -0.4 is 21.7 Å². The average molecular weight is 453 g/mol. The number of H-pyrrole nitrogens is 1. The number of halogens is 2. The van der Waals surface area contributed by atoms with Gasteiger partial charge in [0.05, 0.1) is 15.9 Å². The second kappa shape index (κ2) is 7.81. The Balaban J connectivity index is 1.65. The Morgan fingerprint density at radius 1 is 1.19 bits per heavy atom. The largest absolute Gasteiger partial charge is 0.331 e. The van der Waals surface area contributed by atoms with E-state index in [2.05, 4.69) is 42.1 Å². The Morgan fingerprint density at radius 3 is 2.73 bits per heavy atom. The van der Waals surface area contributed by atoms with E-state index in [0.717, 1.165) is 4.47 Å². The van der Waals surface area contributed by atoms with Gasteiger partial charge in [0.15, 0.2) is 5.11 Å². The van der Waals surface area contributed by atoms with E-state index >= 15 is 0 Å². The molecule has 0 atom stereocenters. The quantitative estimate of drug-likeness (QED) is 0.352. The summed E-state index contributed by atoms with van der Waals surface area (Å²) in [5.74, 6) is -0.762. The summed E-state index contributed by atoms with van der Waals surface area (Å²) < 4.78 is 0.753. The Kier molecular flexibility index (Phi) is 5.50. The number of hydrogen-bond acceptors (Lipinski definition) is 4. The van der Waals surface area contributed by atoms with Crippen LogP contribution in [0.5, 0.6) is 0 Å². The maximum atomic E-state index is 12.2. The van der Waals surface area contributed by atoms with E-state index < -0.39 is 11.5 Å². The van der Waals surface area contributed by atoms with Crippen LogP contribution in [0, 0.1) is 0 Å². The van der Waals surface area contributed by atoms with Crippen LogP contribution in [0.1, 0.15) is 10.6 Å². The number of carbonyl (C=O) groups excluding carboxylic acids is 1. The van der Waals surface area contributed by atoms with Crippen LogP contribution in [0.15, 0.2) is 51.7 Å². The maximum absolute atomic E-state index is 12.2. The van der Waals surface area contributed by atoms with Crippen molar-refractivity contribution >= 4 is 67.4 Å². The van der Waals surface area contributed by atoms with Crippen LogP contribution in [-0.2, 0) is 0 Å². The molecule has 3 aromatic rings. The molecule has 3 rings (SSSR count). The summed E-state index contributed by atoms with van der Waals surface area (Å²) in [7, 11) is 0. The lowest BCUT2D eigenvalue weighted by molar-refractivity contribution is 0.0934. The molecule has 1 amide bonds. The molecule has 26 heavy (non-hydrogen) atoms. The van der Waals surface area contributed by atoms with Crippen molar-refractivity contribution in [2.45, 2.75) is 0 Å². The monoisotopic (exact) mass is 451 g/mol. The molecule has 0 aliphatic heterocycles. The molecule has 0 unspecified atom stereocenters. The van der Waals surface area contributed by atoms with Gasteiger partial charge in [-0.15, -0.1) is 0 Å². The number of nitrogens with one attached hydrogen (secondary N) is 4. The van der Waals surface area contributed by atoms with E-state index in [0.29, 0.717) is 21.6 Å². The molecule has 0 saturated carbocycles. The third-order valence-corrected chi connectivity index (χ3v) is 4.73. The number of carbonyl (C=O) groups is 1. The number of thiocarbonyl (C=S) groups is 1. The number of hydrogen-bond donors (Lipinski definition) is 4. The predicted molar refractivity (Wildman–Crippen MR) is 108 cm³/mol. The standard InChI is InChI=1S/C16H11BrClN5O2S/c17-10-6-5-8(7-11(10)18)19-16(26)23-22-15(25)13-20-12-4-2-1-3-9(12)14(24)21-13/h1-7H,(H,22,25)(H2,19,23,26)(H,20,21,24). The SMILES string of the molecule is O=C(NNC(=S)Nc1ccc(Br)c(Cl)c1)c1nc2ccccc2c(=O)[nH]1. The lowest BCUT2D eigenvalue weighted by Crippen LogP contribution is -2.44. The molecule has 10 heteroatoms. The third-order valence-electron chi connectivity index (χ3n) is 3.29. The maximum Gasteiger partial charge on any atom is 0.305 e. The molecule has 2 aromatic carbocycles. The number of nitrogens with zero attached hydrogens (tertiary/aromatic N) is 1. The molecule has 132 valence electrons. The zero-order valence-electron chi connectivity index (χ0n) is 13.0. The van der Waals surface area contributed by atoms with Crippen LogP contribution in [0.2, 0.25) is 5.02 Å². The zero-order valence-corrected chi connectivity index (χ0v) is 16.1. The topological polar surface area (TPSA) is 98.9 Å². The Morgan fingerprint density at radius 2 is 1.96 bits per heavy atom. The van der Waals surface area contributed by atoms with Gasteiger partial charge in [0.25, 0.3) is 5.56 Å². The first-order valence-electron chi connectivity index (χ1n) is 7.25. The third kappa shape index (κ3) is 4.18. The van der Waals surface area contributed by atoms with E-state index in [1.807, 2.05) is 0 Å². The molecule has 0 saturated heterocycles. The summed E-state index contributed by atoms with van der Waals surface area (Å²) in [6.45, 7) is 0. The summed E-state index contributed by atoms with van der Waals surface area (Å²) in [6, 6.07) is 11.9. The normalized spacial score (nSPS) is 10.4. The summed E-state index contributed by atoms with van der Waals surface area (Å²) in [6.07, 6.45) is 0. The van der Waals surface area contributed by atoms with Gasteiger partial charge < -0.3 is 10.3 Å². The fraction of sp³-hybridized carbons (Fsp3) is 0. The molecule has 0 bridgehead atoms. The highest BCUT2D eigenvalue weighted by atomic mass is 79.9. The highest BCUT2D eigenvalue weighted by Gasteiger charge is 2.11. The number of aromatic nitrogens is 2. The van der Waals surface area contributed by atoms with Crippen LogP contribution in [-0.4, -0.2) is 21.0 Å². The Bertz CT molecular complexity index is 1070. The number of benzene rings is 2. The first-order chi connectivity index (χ1) is 12.4. The number of para-hydroxylation sites is 1. The van der Waals surface area contributed by atoms with Gasteiger partial charge in [-0.25, -0.2) is 4.98 Å². The van der Waals surface area contributed by atoms with Crippen LogP contribution in [0.3, 0.4) is 0 Å². The second-order valence-electron chi connectivity index (χ2n) is 5.09. The smallest absolute Gasteiger partial charge is 0.305 e. The van der Waals surface area contributed by atoms with Gasteiger partial charge in [0.2, 0.25) is 5.82 Å². The summed E-state index contributed by atoms with van der Waals surface area (Å²) in [4.78, 5) is 30.7. The van der Waals surface area contributed by atoms with Crippen molar-refractivity contribution in [3.8, 4) is 0 Å². The van der Waals surface area contributed by atoms with Crippen molar-refractivity contribution in [2.75, 3.05) is 5.32 Å². The molecule has 0 radical (unpaired) electrons. The summed E-state index contributed by atoms with van der Waals surface area (Å²) >= 11 is 14.4. The molecule has 0 fully saturated rings. The van der Waals surface area contributed by atoms with E-state index in [4.69, 9.17) is 23.8 Å². The fourth-order valence-corrected chi connectivity index (χ4v) is 2.70. The van der Waals surface area contributed by atoms with Gasteiger partial charge in [-0.05, 0) is 58.5 Å². The van der Waals surface area contributed by atoms with E-state index in [9.17, 15) is 9.59 Å². The van der Waals surface area contributed by atoms with E-state index in [1.165, 1.54) is 0 Å². The number of aromatic amines is 1. The van der Waals surface area contributed by atoms with Crippen molar-refractivity contribution < 1.29 is 4.79 Å². The van der Waals surface area contributed by atoms with Crippen molar-refractivity contribution in [2.24, 2.45) is 0 Å². The Labute approximate surface area is 166 Å². The lowest BCUT2D eigenvalue weighted by atomic mass is 10.2. The minimum atomic E-state index is -0.633. The molecular weight excluding hydrogens is 442 g/mol. The summed E-state index contributed by atoms with van der Waals surface area (Å²) in [5.41, 5.74) is 5.57. The number of hydrazine groups is 1. The molecule has 1 heterocycles. The first kappa shape index (κ1) is 18.3. The van der Waals surface area contributed by atoms with Crippen molar-refractivity contribution in [1.82, 2.24) is 20.8 Å². The highest BCUT2D eigenvalue weighted by Crippen LogP contribution is 2.25. The first-order valence-corrected chi connectivity index (χ1v) is 8.83. The lowest BCUT2D eigenvalue weighted by Gasteiger charge is -2.12. The molecule has 0 spiro atoms. The zero-order chi connectivity index (χ0) is 18.7. The summed E-state index contributed by atoms with van der Waals surface area (Å²) in [5, 5.41) is 3.92. The number of rotatable bonds is 2. The number of amides is 1. The van der Waals surface area contributed by atoms with Crippen molar-refractivity contribution in [1.29, 1.82) is 0 Å². The number of anilines is 1. The minimum Gasteiger partial charge on any atom is -0.331 e. The highest BCUT2D eigenvalue weighted by molar-refractivity contribution is 9.10. The molecule has 7 nitrogen and oxygen atoms in total. The van der Waals surface area contributed by atoms with Gasteiger partial charge >= 0.3 is 5.91 Å². The average Bonchev–Trinajstić information content (AvgIpc) is 2.63. The minimum absolute atomic E-state index is 0.129. The van der Waals surface area contributed by atoms with Crippen molar-refractivity contribution in [3.63, 3.8) is 0 Å². The molecule has 1 aromatic heterocycles. The second-order valence-corrected chi connectivity index (χ2v) is 6.76. The van der Waals surface area contributed by atoms with Gasteiger partial charge in [0.1, 0.15) is 0 Å². The number of fused-ring (bicyclic) bond motifs is 1. The van der Waals surface area contributed by atoms with Gasteiger partial charge in [0, 0.05) is 10.2 Å². The van der Waals surface area contributed by atoms with Crippen LogP contribution >= 0.6 is 39.7 Å². The van der Waals surface area contributed by atoms with Gasteiger partial charge in [-0.2, -0.15) is 0 Å². The van der Waals surface area contributed by atoms with E-state index in [-0.39, 0.29) is 10.9 Å². The van der Waals surface area contributed by atoms with Gasteiger partial charge in [-0.3, -0.25) is 20.4 Å². The molecule has 0 aliphatic rings. The van der Waals surface area contributed by atoms with E-state index in [1.54, 1.807) is 42.5 Å². The van der Waals surface area contributed by atoms with Gasteiger partial charge in [-0.1, -0.05) is 23.7 Å². The Hall–Kier alpha value is -2.49. The predicted octanol–water partition coefficient (Wildman–Crippen LogP) is 2.97. The van der Waals surface area contributed by atoms with Crippen molar-refractivity contribution in [3.05, 3.63) is 68.1 Å². The molecular formula is C16H11BrClN5O2S. The van der Waals surface area contributed by atoms with Crippen LogP contribution in [0.25, 0.3) is 10.9 Å². The van der Waals surface area contributed by atoms with Crippen LogP contribution in [0.4, 0.5) is 5.69 Å². The molecule has 0 aliphatic carbocycles. The molecule has 4 N–H and O–H groups in total.